The molecule has 0 aliphatic rings. The Labute approximate surface area is 119 Å². The van der Waals surface area contributed by atoms with Gasteiger partial charge in [0.15, 0.2) is 18.3 Å². The van der Waals surface area contributed by atoms with Gasteiger partial charge in [-0.25, -0.2) is 9.97 Å². The smallest absolute Gasteiger partial charge is 0.226 e. The summed E-state index contributed by atoms with van der Waals surface area (Å²) in [6.07, 6.45) is 4.33. The largest absolute Gasteiger partial charge is 0.434 e. The summed E-state index contributed by atoms with van der Waals surface area (Å²) in [6.45, 7) is 0. The van der Waals surface area contributed by atoms with E-state index < -0.39 is 0 Å². The van der Waals surface area contributed by atoms with Crippen molar-refractivity contribution in [3.8, 4) is 22.9 Å². The molecule has 21 heavy (non-hydrogen) atoms. The van der Waals surface area contributed by atoms with Crippen LogP contribution < -0.4 is 0 Å². The fourth-order valence-corrected chi connectivity index (χ4v) is 1.85. The van der Waals surface area contributed by atoms with Gasteiger partial charge in [-0.1, -0.05) is 6.07 Å². The number of carbonyl (C=O) groups is 2. The molecule has 3 aromatic rings. The fourth-order valence-electron chi connectivity index (χ4n) is 1.85. The molecule has 0 N–H and O–H groups in total. The first-order chi connectivity index (χ1) is 10.3. The van der Waals surface area contributed by atoms with E-state index in [1.807, 2.05) is 6.07 Å². The fraction of sp³-hybridized carbons (Fsp3) is 0. The van der Waals surface area contributed by atoms with Crippen LogP contribution in [0.3, 0.4) is 0 Å². The highest BCUT2D eigenvalue weighted by Gasteiger charge is 2.11. The maximum atomic E-state index is 10.8. The number of hydrogen-bond donors (Lipinski definition) is 0. The number of oxazole rings is 1. The molecular weight excluding hydrogens is 270 g/mol. The predicted octanol–water partition coefficient (Wildman–Crippen LogP) is 2.42. The number of carbonyl (C=O) groups excluding carboxylic acids is 2. The van der Waals surface area contributed by atoms with Crippen molar-refractivity contribution in [2.75, 3.05) is 0 Å². The minimum atomic E-state index is 0.146. The number of aldehydes is 2. The van der Waals surface area contributed by atoms with Crippen LogP contribution in [0.15, 0.2) is 47.1 Å². The van der Waals surface area contributed by atoms with Gasteiger partial charge in [0.25, 0.3) is 0 Å². The second-order valence-electron chi connectivity index (χ2n) is 4.19. The van der Waals surface area contributed by atoms with Gasteiger partial charge in [0, 0.05) is 11.8 Å². The van der Waals surface area contributed by atoms with E-state index in [1.54, 1.807) is 24.5 Å². The minimum absolute atomic E-state index is 0.146. The lowest BCUT2D eigenvalue weighted by Gasteiger charge is -1.99. The van der Waals surface area contributed by atoms with Crippen LogP contribution in [0.5, 0.6) is 0 Å². The molecule has 0 saturated carbocycles. The van der Waals surface area contributed by atoms with Gasteiger partial charge in [-0.15, -0.1) is 0 Å². The average molecular weight is 279 g/mol. The number of nitrogens with zero attached hydrogens (tertiary/aromatic N) is 3. The third-order valence-corrected chi connectivity index (χ3v) is 2.78. The van der Waals surface area contributed by atoms with Crippen LogP contribution in [0.2, 0.25) is 0 Å². The molecule has 3 heterocycles. The number of hydrogen-bond acceptors (Lipinski definition) is 6. The Hall–Kier alpha value is -3.15. The Bertz CT molecular complexity index is 771. The highest BCUT2D eigenvalue weighted by molar-refractivity contribution is 5.80. The molecule has 0 spiro atoms. The van der Waals surface area contributed by atoms with Crippen LogP contribution in [0, 0.1) is 0 Å². The summed E-state index contributed by atoms with van der Waals surface area (Å²) < 4.78 is 5.62. The maximum absolute atomic E-state index is 10.8. The lowest BCUT2D eigenvalue weighted by Crippen LogP contribution is -1.94. The van der Waals surface area contributed by atoms with Crippen molar-refractivity contribution in [3.63, 3.8) is 0 Å². The molecule has 0 radical (unpaired) electrons. The summed E-state index contributed by atoms with van der Waals surface area (Å²) in [5.74, 6) is 0.798. The van der Waals surface area contributed by atoms with Gasteiger partial charge in [0.1, 0.15) is 17.1 Å². The number of aromatic nitrogens is 3. The predicted molar refractivity (Wildman–Crippen MR) is 73.7 cm³/mol. The molecule has 3 rings (SSSR count). The second-order valence-corrected chi connectivity index (χ2v) is 4.19. The molecular formula is C15H9N3O3. The van der Waals surface area contributed by atoms with Crippen LogP contribution in [0.1, 0.15) is 21.0 Å². The monoisotopic (exact) mass is 279 g/mol. The standard InChI is InChI=1S/C15H9N3O3/c19-8-11-5-10(6-12(9-20)18-11)15-17-7-14(21-15)13-3-1-2-4-16-13/h1-9H. The molecule has 0 fully saturated rings. The molecule has 0 bridgehead atoms. The minimum Gasteiger partial charge on any atom is -0.434 e. The third kappa shape index (κ3) is 2.59. The molecule has 6 heteroatoms. The first-order valence-corrected chi connectivity index (χ1v) is 6.10. The van der Waals surface area contributed by atoms with Gasteiger partial charge < -0.3 is 4.42 Å². The van der Waals surface area contributed by atoms with E-state index in [1.165, 1.54) is 12.1 Å². The SMILES string of the molecule is O=Cc1cc(-c2ncc(-c3ccccn3)o2)cc(C=O)n1. The molecule has 6 nitrogen and oxygen atoms in total. The van der Waals surface area contributed by atoms with Crippen molar-refractivity contribution in [2.45, 2.75) is 0 Å². The first kappa shape index (κ1) is 12.9. The van der Waals surface area contributed by atoms with Crippen molar-refractivity contribution in [2.24, 2.45) is 0 Å². The van der Waals surface area contributed by atoms with Crippen LogP contribution in [-0.2, 0) is 0 Å². The molecule has 0 atom stereocenters. The highest BCUT2D eigenvalue weighted by Crippen LogP contribution is 2.25. The summed E-state index contributed by atoms with van der Waals surface area (Å²) in [5.41, 5.74) is 1.45. The van der Waals surface area contributed by atoms with Gasteiger partial charge in [-0.2, -0.15) is 0 Å². The molecule has 0 saturated heterocycles. The van der Waals surface area contributed by atoms with E-state index in [0.717, 1.165) is 0 Å². The van der Waals surface area contributed by atoms with E-state index >= 15 is 0 Å². The Morgan fingerprint density at radius 2 is 1.76 bits per heavy atom. The maximum Gasteiger partial charge on any atom is 0.226 e. The molecule has 0 aromatic carbocycles. The first-order valence-electron chi connectivity index (χ1n) is 6.10. The van der Waals surface area contributed by atoms with Gasteiger partial charge in [-0.3, -0.25) is 14.6 Å². The van der Waals surface area contributed by atoms with E-state index in [9.17, 15) is 9.59 Å². The van der Waals surface area contributed by atoms with Gasteiger partial charge in [0.2, 0.25) is 5.89 Å². The zero-order chi connectivity index (χ0) is 14.7. The van der Waals surface area contributed by atoms with Crippen molar-refractivity contribution in [1.82, 2.24) is 15.0 Å². The number of pyridine rings is 2. The summed E-state index contributed by atoms with van der Waals surface area (Å²) >= 11 is 0. The molecule has 102 valence electrons. The van der Waals surface area contributed by atoms with E-state index in [4.69, 9.17) is 4.42 Å². The Morgan fingerprint density at radius 1 is 1.00 bits per heavy atom. The quantitative estimate of drug-likeness (QED) is 0.682. The zero-order valence-corrected chi connectivity index (χ0v) is 10.8. The van der Waals surface area contributed by atoms with Gasteiger partial charge in [-0.05, 0) is 24.3 Å². The van der Waals surface area contributed by atoms with Crippen molar-refractivity contribution < 1.29 is 14.0 Å². The summed E-state index contributed by atoms with van der Waals surface area (Å²) in [4.78, 5) is 33.8. The Balaban J connectivity index is 2.04. The van der Waals surface area contributed by atoms with E-state index in [2.05, 4.69) is 15.0 Å². The summed E-state index contributed by atoms with van der Waals surface area (Å²) in [6, 6.07) is 8.45. The van der Waals surface area contributed by atoms with Crippen LogP contribution >= 0.6 is 0 Å². The number of rotatable bonds is 4. The normalized spacial score (nSPS) is 10.3. The molecule has 3 aromatic heterocycles. The van der Waals surface area contributed by atoms with Gasteiger partial charge >= 0.3 is 0 Å². The molecule has 0 unspecified atom stereocenters. The average Bonchev–Trinajstić information content (AvgIpc) is 3.05. The van der Waals surface area contributed by atoms with Crippen LogP contribution in [-0.4, -0.2) is 27.5 Å². The molecule has 0 aliphatic heterocycles. The van der Waals surface area contributed by atoms with E-state index in [0.29, 0.717) is 35.5 Å². The lowest BCUT2D eigenvalue weighted by atomic mass is 10.2. The third-order valence-electron chi connectivity index (χ3n) is 2.78. The Morgan fingerprint density at radius 3 is 2.38 bits per heavy atom. The topological polar surface area (TPSA) is 86.0 Å². The zero-order valence-electron chi connectivity index (χ0n) is 10.8. The van der Waals surface area contributed by atoms with Crippen molar-refractivity contribution >= 4 is 12.6 Å². The van der Waals surface area contributed by atoms with Crippen LogP contribution in [0.25, 0.3) is 22.9 Å². The van der Waals surface area contributed by atoms with E-state index in [-0.39, 0.29) is 11.4 Å². The highest BCUT2D eigenvalue weighted by atomic mass is 16.4. The lowest BCUT2D eigenvalue weighted by molar-refractivity contribution is 0.111. The molecule has 0 aliphatic carbocycles. The Kier molecular flexibility index (Phi) is 3.34. The second kappa shape index (κ2) is 5.46. The summed E-state index contributed by atoms with van der Waals surface area (Å²) in [7, 11) is 0. The van der Waals surface area contributed by atoms with Crippen LogP contribution in [0.4, 0.5) is 0 Å². The van der Waals surface area contributed by atoms with Gasteiger partial charge in [0.05, 0.1) is 6.20 Å². The summed E-state index contributed by atoms with van der Waals surface area (Å²) in [5, 5.41) is 0. The van der Waals surface area contributed by atoms with Crippen molar-refractivity contribution in [1.29, 1.82) is 0 Å². The molecule has 0 amide bonds. The van der Waals surface area contributed by atoms with Crippen molar-refractivity contribution in [3.05, 3.63) is 54.1 Å².